The molecule has 4 nitrogen and oxygen atoms in total. The molecule has 0 atom stereocenters. The Balaban J connectivity index is 1.81. The maximum Gasteiger partial charge on any atom is 0.230 e. The van der Waals surface area contributed by atoms with Gasteiger partial charge in [-0.15, -0.1) is 0 Å². The van der Waals surface area contributed by atoms with Crippen LogP contribution in [0.4, 0.5) is 4.39 Å². The number of aliphatic hydroxyl groups is 1. The van der Waals surface area contributed by atoms with Crippen LogP contribution in [0.3, 0.4) is 0 Å². The molecule has 0 bridgehead atoms. The van der Waals surface area contributed by atoms with Gasteiger partial charge >= 0.3 is 0 Å². The topological polar surface area (TPSA) is 59.2 Å². The summed E-state index contributed by atoms with van der Waals surface area (Å²) in [6.45, 7) is 0. The number of aromatic nitrogens is 2. The van der Waals surface area contributed by atoms with Gasteiger partial charge in [0.2, 0.25) is 11.7 Å². The average Bonchev–Trinajstić information content (AvgIpc) is 2.92. The molecule has 6 heteroatoms. The fourth-order valence-corrected chi connectivity index (χ4v) is 2.66. The summed E-state index contributed by atoms with van der Waals surface area (Å²) in [6, 6.07) is 4.33. The normalized spacial score (nSPS) is 22.9. The first-order valence-electron chi connectivity index (χ1n) is 6.60. The van der Waals surface area contributed by atoms with Gasteiger partial charge in [-0.1, -0.05) is 16.8 Å². The Labute approximate surface area is 120 Å². The Morgan fingerprint density at radius 1 is 1.25 bits per heavy atom. The van der Waals surface area contributed by atoms with E-state index in [1.54, 1.807) is 6.07 Å². The lowest BCUT2D eigenvalue weighted by atomic mass is 9.87. The molecule has 0 saturated heterocycles. The summed E-state index contributed by atoms with van der Waals surface area (Å²) in [6.07, 6.45) is 2.97. The summed E-state index contributed by atoms with van der Waals surface area (Å²) in [5.74, 6) is 0.705. The highest BCUT2D eigenvalue weighted by molar-refractivity contribution is 6.31. The van der Waals surface area contributed by atoms with E-state index in [1.165, 1.54) is 12.1 Å². The molecule has 2 aromatic rings. The predicted molar refractivity (Wildman–Crippen MR) is 71.9 cm³/mol. The van der Waals surface area contributed by atoms with Crippen molar-refractivity contribution in [1.29, 1.82) is 0 Å². The number of nitrogens with zero attached hydrogens (tertiary/aromatic N) is 2. The molecule has 1 aliphatic carbocycles. The van der Waals surface area contributed by atoms with Crippen molar-refractivity contribution < 1.29 is 14.0 Å². The predicted octanol–water partition coefficient (Wildman–Crippen LogP) is 3.55. The molecule has 0 unspecified atom stereocenters. The van der Waals surface area contributed by atoms with Gasteiger partial charge in [0, 0.05) is 11.5 Å². The third-order valence-electron chi connectivity index (χ3n) is 3.67. The lowest BCUT2D eigenvalue weighted by molar-refractivity contribution is 0.116. The molecule has 1 N–H and O–H groups in total. The number of aliphatic hydroxyl groups excluding tert-OH is 1. The molecule has 1 fully saturated rings. The second-order valence-corrected chi connectivity index (χ2v) is 5.50. The van der Waals surface area contributed by atoms with Gasteiger partial charge in [0.15, 0.2) is 0 Å². The molecule has 0 spiro atoms. The van der Waals surface area contributed by atoms with Gasteiger partial charge in [-0.2, -0.15) is 4.98 Å². The molecule has 1 aromatic heterocycles. The monoisotopic (exact) mass is 296 g/mol. The quantitative estimate of drug-likeness (QED) is 0.920. The van der Waals surface area contributed by atoms with Crippen LogP contribution in [-0.4, -0.2) is 21.4 Å². The number of halogens is 2. The minimum atomic E-state index is -0.472. The van der Waals surface area contributed by atoms with Crippen LogP contribution in [0, 0.1) is 5.82 Å². The van der Waals surface area contributed by atoms with Gasteiger partial charge in [0.05, 0.1) is 11.1 Å². The third-order valence-corrected chi connectivity index (χ3v) is 3.96. The van der Waals surface area contributed by atoms with Crippen molar-refractivity contribution in [3.8, 4) is 11.4 Å². The summed E-state index contributed by atoms with van der Waals surface area (Å²) in [5.41, 5.74) is 0.627. The van der Waals surface area contributed by atoms with Crippen LogP contribution >= 0.6 is 11.6 Å². The van der Waals surface area contributed by atoms with Gasteiger partial charge in [-0.05, 0) is 43.9 Å². The molecule has 1 saturated carbocycles. The second kappa shape index (κ2) is 5.50. The van der Waals surface area contributed by atoms with Crippen molar-refractivity contribution >= 4 is 11.6 Å². The molecule has 1 aliphatic rings. The molecule has 1 aromatic carbocycles. The van der Waals surface area contributed by atoms with Gasteiger partial charge in [0.25, 0.3) is 0 Å². The molecule has 3 rings (SSSR count). The van der Waals surface area contributed by atoms with E-state index in [9.17, 15) is 9.50 Å². The van der Waals surface area contributed by atoms with E-state index >= 15 is 0 Å². The van der Waals surface area contributed by atoms with Crippen LogP contribution in [-0.2, 0) is 0 Å². The first-order chi connectivity index (χ1) is 9.63. The molecule has 0 aliphatic heterocycles. The van der Waals surface area contributed by atoms with Crippen LogP contribution < -0.4 is 0 Å². The summed E-state index contributed by atoms with van der Waals surface area (Å²) < 4.78 is 18.4. The highest BCUT2D eigenvalue weighted by atomic mass is 35.5. The summed E-state index contributed by atoms with van der Waals surface area (Å²) in [4.78, 5) is 4.36. The van der Waals surface area contributed by atoms with E-state index in [-0.39, 0.29) is 17.0 Å². The van der Waals surface area contributed by atoms with Gasteiger partial charge in [-0.25, -0.2) is 4.39 Å². The highest BCUT2D eigenvalue weighted by Gasteiger charge is 2.25. The van der Waals surface area contributed by atoms with E-state index in [4.69, 9.17) is 16.1 Å². The maximum absolute atomic E-state index is 13.1. The van der Waals surface area contributed by atoms with E-state index in [1.807, 2.05) is 0 Å². The van der Waals surface area contributed by atoms with Crippen LogP contribution in [0.2, 0.25) is 5.02 Å². The molecule has 1 heterocycles. The smallest absolute Gasteiger partial charge is 0.230 e. The van der Waals surface area contributed by atoms with Crippen molar-refractivity contribution in [2.24, 2.45) is 0 Å². The van der Waals surface area contributed by atoms with E-state index < -0.39 is 5.82 Å². The van der Waals surface area contributed by atoms with Crippen LogP contribution in [0.25, 0.3) is 11.4 Å². The fraction of sp³-hybridized carbons (Fsp3) is 0.429. The fourth-order valence-electron chi connectivity index (χ4n) is 2.48. The summed E-state index contributed by atoms with van der Waals surface area (Å²) in [7, 11) is 0. The summed E-state index contributed by atoms with van der Waals surface area (Å²) in [5, 5.41) is 13.5. The van der Waals surface area contributed by atoms with Crippen molar-refractivity contribution in [3.63, 3.8) is 0 Å². The molecular formula is C14H14ClFN2O2. The minimum Gasteiger partial charge on any atom is -0.393 e. The number of hydrogen-bond donors (Lipinski definition) is 1. The zero-order valence-corrected chi connectivity index (χ0v) is 11.5. The molecule has 0 radical (unpaired) electrons. The van der Waals surface area contributed by atoms with Crippen LogP contribution in [0.1, 0.15) is 37.5 Å². The second-order valence-electron chi connectivity index (χ2n) is 5.09. The van der Waals surface area contributed by atoms with Crippen LogP contribution in [0.15, 0.2) is 22.7 Å². The zero-order chi connectivity index (χ0) is 14.1. The van der Waals surface area contributed by atoms with E-state index in [2.05, 4.69) is 10.1 Å². The van der Waals surface area contributed by atoms with Gasteiger partial charge in [0.1, 0.15) is 5.82 Å². The van der Waals surface area contributed by atoms with E-state index in [0.717, 1.165) is 25.7 Å². The van der Waals surface area contributed by atoms with E-state index in [0.29, 0.717) is 17.3 Å². The molecule has 20 heavy (non-hydrogen) atoms. The minimum absolute atomic E-state index is 0.0367. The highest BCUT2D eigenvalue weighted by Crippen LogP contribution is 2.33. The lowest BCUT2D eigenvalue weighted by Crippen LogP contribution is -2.17. The van der Waals surface area contributed by atoms with Gasteiger partial charge in [-0.3, -0.25) is 0 Å². The Hall–Kier alpha value is -1.46. The van der Waals surface area contributed by atoms with Gasteiger partial charge < -0.3 is 9.63 Å². The third kappa shape index (κ3) is 2.69. The molecule has 0 amide bonds. The first-order valence-corrected chi connectivity index (χ1v) is 6.98. The Morgan fingerprint density at radius 3 is 2.70 bits per heavy atom. The van der Waals surface area contributed by atoms with Crippen molar-refractivity contribution in [3.05, 3.63) is 34.9 Å². The largest absolute Gasteiger partial charge is 0.393 e. The standard InChI is InChI=1S/C14H14ClFN2O2/c15-11-7-9(3-6-12(11)16)13-17-14(20-18-13)8-1-4-10(19)5-2-8/h3,6-8,10,19H,1-2,4-5H2. The SMILES string of the molecule is OC1CCC(c2nc(-c3ccc(F)c(Cl)c3)no2)CC1. The number of rotatable bonds is 2. The van der Waals surface area contributed by atoms with Crippen molar-refractivity contribution in [1.82, 2.24) is 10.1 Å². The summed E-state index contributed by atoms with van der Waals surface area (Å²) >= 11 is 5.75. The number of benzene rings is 1. The molecule has 106 valence electrons. The van der Waals surface area contributed by atoms with Crippen molar-refractivity contribution in [2.45, 2.75) is 37.7 Å². The van der Waals surface area contributed by atoms with Crippen molar-refractivity contribution in [2.75, 3.05) is 0 Å². The Morgan fingerprint density at radius 2 is 2.00 bits per heavy atom. The van der Waals surface area contributed by atoms with Crippen LogP contribution in [0.5, 0.6) is 0 Å². The Bertz CT molecular complexity index is 609. The molecular weight excluding hydrogens is 283 g/mol. The zero-order valence-electron chi connectivity index (χ0n) is 10.7. The number of hydrogen-bond acceptors (Lipinski definition) is 4. The Kier molecular flexibility index (Phi) is 3.72. The lowest BCUT2D eigenvalue weighted by Gasteiger charge is -2.22. The maximum atomic E-state index is 13.1. The average molecular weight is 297 g/mol. The first kappa shape index (κ1) is 13.5.